The zero-order valence-electron chi connectivity index (χ0n) is 18.6. The second kappa shape index (κ2) is 16.3. The number of hydrogen-bond donors (Lipinski definition) is 1. The zero-order valence-corrected chi connectivity index (χ0v) is 18.6. The predicted octanol–water partition coefficient (Wildman–Crippen LogP) is 6.46. The first-order chi connectivity index (χ1) is 14.1. The number of carbonyl (C=O) groups excluding carboxylic acids is 2. The van der Waals surface area contributed by atoms with E-state index in [2.05, 4.69) is 18.8 Å². The van der Waals surface area contributed by atoms with Gasteiger partial charge < -0.3 is 14.8 Å². The maximum absolute atomic E-state index is 12.6. The monoisotopic (exact) mass is 409 g/mol. The van der Waals surface area contributed by atoms with Crippen LogP contribution in [0.15, 0.2) is 12.7 Å². The molecule has 0 saturated heterocycles. The second-order valence-electron chi connectivity index (χ2n) is 8.30. The summed E-state index contributed by atoms with van der Waals surface area (Å²) in [5, 5.41) is 2.77. The van der Waals surface area contributed by atoms with Crippen LogP contribution in [0.2, 0.25) is 0 Å². The molecule has 5 nitrogen and oxygen atoms in total. The predicted molar refractivity (Wildman–Crippen MR) is 118 cm³/mol. The van der Waals surface area contributed by atoms with Crippen molar-refractivity contribution in [2.45, 2.75) is 115 Å². The van der Waals surface area contributed by atoms with E-state index >= 15 is 0 Å². The van der Waals surface area contributed by atoms with Crippen molar-refractivity contribution in [3.05, 3.63) is 12.7 Å². The van der Waals surface area contributed by atoms with Crippen molar-refractivity contribution in [3.8, 4) is 0 Å². The molecule has 1 saturated carbocycles. The molecular formula is C24H43NO4. The Bertz CT molecular complexity index is 458. The second-order valence-corrected chi connectivity index (χ2v) is 8.30. The van der Waals surface area contributed by atoms with Gasteiger partial charge in [-0.15, -0.1) is 6.58 Å². The first kappa shape index (κ1) is 25.5. The Kier molecular flexibility index (Phi) is 14.3. The van der Waals surface area contributed by atoms with Crippen LogP contribution in [0.1, 0.15) is 110 Å². The quantitative estimate of drug-likeness (QED) is 0.170. The zero-order chi connectivity index (χ0) is 21.2. The minimum absolute atomic E-state index is 0.277. The minimum Gasteiger partial charge on any atom is -0.464 e. The van der Waals surface area contributed by atoms with Gasteiger partial charge in [-0.05, 0) is 25.7 Å². The van der Waals surface area contributed by atoms with E-state index in [0.29, 0.717) is 25.9 Å². The molecule has 0 bridgehead atoms. The van der Waals surface area contributed by atoms with Gasteiger partial charge in [0.2, 0.25) is 0 Å². The van der Waals surface area contributed by atoms with Gasteiger partial charge in [-0.25, -0.2) is 9.59 Å². The fourth-order valence-corrected chi connectivity index (χ4v) is 3.89. The molecule has 0 heterocycles. The summed E-state index contributed by atoms with van der Waals surface area (Å²) in [6.45, 7) is 6.56. The Hall–Kier alpha value is -1.52. The van der Waals surface area contributed by atoms with Gasteiger partial charge in [0.25, 0.3) is 0 Å². The SMILES string of the molecule is C=CCCOC(=O)NC1(C(=O)OCCCCCCCCCCCCC)CCCC1. The molecule has 0 radical (unpaired) electrons. The van der Waals surface area contributed by atoms with Gasteiger partial charge in [-0.2, -0.15) is 0 Å². The summed E-state index contributed by atoms with van der Waals surface area (Å²) in [6, 6.07) is 0. The summed E-state index contributed by atoms with van der Waals surface area (Å²) in [5.41, 5.74) is -0.900. The molecule has 1 amide bonds. The normalized spacial score (nSPS) is 15.1. The first-order valence-corrected chi connectivity index (χ1v) is 11.9. The van der Waals surface area contributed by atoms with Crippen molar-refractivity contribution in [2.24, 2.45) is 0 Å². The maximum atomic E-state index is 12.6. The number of hydrogen-bond acceptors (Lipinski definition) is 4. The van der Waals surface area contributed by atoms with E-state index in [1.807, 2.05) is 0 Å². The van der Waals surface area contributed by atoms with Gasteiger partial charge in [-0.3, -0.25) is 0 Å². The van der Waals surface area contributed by atoms with Crippen LogP contribution in [0.25, 0.3) is 0 Å². The molecule has 0 aromatic rings. The van der Waals surface area contributed by atoms with Gasteiger partial charge >= 0.3 is 12.1 Å². The Morgan fingerprint density at radius 2 is 1.41 bits per heavy atom. The van der Waals surface area contributed by atoms with E-state index in [4.69, 9.17) is 9.47 Å². The van der Waals surface area contributed by atoms with Crippen molar-refractivity contribution >= 4 is 12.1 Å². The first-order valence-electron chi connectivity index (χ1n) is 11.9. The van der Waals surface area contributed by atoms with Crippen molar-refractivity contribution in [1.29, 1.82) is 0 Å². The highest BCUT2D eigenvalue weighted by molar-refractivity contribution is 5.86. The van der Waals surface area contributed by atoms with E-state index < -0.39 is 11.6 Å². The summed E-state index contributed by atoms with van der Waals surface area (Å²) in [7, 11) is 0. The Morgan fingerprint density at radius 1 is 0.862 bits per heavy atom. The molecule has 0 unspecified atom stereocenters. The number of amides is 1. The Labute approximate surface area is 178 Å². The van der Waals surface area contributed by atoms with Crippen LogP contribution in [0.5, 0.6) is 0 Å². The van der Waals surface area contributed by atoms with Crippen molar-refractivity contribution < 1.29 is 19.1 Å². The van der Waals surface area contributed by atoms with Crippen molar-refractivity contribution in [1.82, 2.24) is 5.32 Å². The number of carbonyl (C=O) groups is 2. The average molecular weight is 410 g/mol. The molecule has 0 aromatic carbocycles. The third kappa shape index (κ3) is 11.3. The lowest BCUT2D eigenvalue weighted by molar-refractivity contribution is -0.151. The van der Waals surface area contributed by atoms with Crippen LogP contribution < -0.4 is 5.32 Å². The van der Waals surface area contributed by atoms with E-state index in [9.17, 15) is 9.59 Å². The lowest BCUT2D eigenvalue weighted by atomic mass is 9.98. The summed E-state index contributed by atoms with van der Waals surface area (Å²) >= 11 is 0. The van der Waals surface area contributed by atoms with Gasteiger partial charge in [0, 0.05) is 0 Å². The van der Waals surface area contributed by atoms with Crippen molar-refractivity contribution in [2.75, 3.05) is 13.2 Å². The van der Waals surface area contributed by atoms with Crippen LogP contribution in [0, 0.1) is 0 Å². The molecule has 1 N–H and O–H groups in total. The molecule has 0 aliphatic heterocycles. The number of ether oxygens (including phenoxy) is 2. The topological polar surface area (TPSA) is 64.6 Å². The minimum atomic E-state index is -0.900. The highest BCUT2D eigenvalue weighted by Gasteiger charge is 2.44. The molecule has 0 aromatic heterocycles. The summed E-state index contributed by atoms with van der Waals surface area (Å²) in [4.78, 5) is 24.6. The molecule has 5 heteroatoms. The lowest BCUT2D eigenvalue weighted by Gasteiger charge is -2.27. The molecule has 1 fully saturated rings. The van der Waals surface area contributed by atoms with Gasteiger partial charge in [0.15, 0.2) is 0 Å². The van der Waals surface area contributed by atoms with E-state index in [1.165, 1.54) is 57.8 Å². The van der Waals surface area contributed by atoms with Crippen molar-refractivity contribution in [3.63, 3.8) is 0 Å². The fourth-order valence-electron chi connectivity index (χ4n) is 3.89. The van der Waals surface area contributed by atoms with E-state index in [1.54, 1.807) is 6.08 Å². The maximum Gasteiger partial charge on any atom is 0.408 e. The molecule has 168 valence electrons. The summed E-state index contributed by atoms with van der Waals surface area (Å²) in [5.74, 6) is -0.303. The smallest absolute Gasteiger partial charge is 0.408 e. The Morgan fingerprint density at radius 3 is 1.97 bits per heavy atom. The fraction of sp³-hybridized carbons (Fsp3) is 0.833. The van der Waals surface area contributed by atoms with Crippen LogP contribution in [-0.2, 0) is 14.3 Å². The Balaban J connectivity index is 2.12. The number of unbranched alkanes of at least 4 members (excludes halogenated alkanes) is 10. The molecule has 1 aliphatic carbocycles. The van der Waals surface area contributed by atoms with E-state index in [0.717, 1.165) is 25.7 Å². The standard InChI is InChI=1S/C24H43NO4/c1-3-5-7-8-9-10-11-12-13-14-17-21-28-22(26)24(18-15-16-19-24)25-23(27)29-20-6-4-2/h4H,2-3,5-21H2,1H3,(H,25,27). The number of alkyl carbamates (subject to hydrolysis) is 1. The highest BCUT2D eigenvalue weighted by atomic mass is 16.6. The van der Waals surface area contributed by atoms with Gasteiger partial charge in [0.05, 0.1) is 13.2 Å². The molecule has 29 heavy (non-hydrogen) atoms. The summed E-state index contributed by atoms with van der Waals surface area (Å²) in [6.07, 6.45) is 18.7. The molecule has 1 aliphatic rings. The summed E-state index contributed by atoms with van der Waals surface area (Å²) < 4.78 is 10.6. The van der Waals surface area contributed by atoms with Crippen LogP contribution in [0.4, 0.5) is 4.79 Å². The molecule has 0 atom stereocenters. The lowest BCUT2D eigenvalue weighted by Crippen LogP contribution is -2.53. The van der Waals surface area contributed by atoms with Gasteiger partial charge in [-0.1, -0.05) is 90.0 Å². The highest BCUT2D eigenvalue weighted by Crippen LogP contribution is 2.31. The van der Waals surface area contributed by atoms with Crippen LogP contribution in [0.3, 0.4) is 0 Å². The average Bonchev–Trinajstić information content (AvgIpc) is 3.18. The molecule has 0 spiro atoms. The van der Waals surface area contributed by atoms with Gasteiger partial charge in [0.1, 0.15) is 5.54 Å². The molecule has 1 rings (SSSR count). The largest absolute Gasteiger partial charge is 0.464 e. The van der Waals surface area contributed by atoms with Crippen LogP contribution in [-0.4, -0.2) is 30.8 Å². The molecular weight excluding hydrogens is 366 g/mol. The third-order valence-electron chi connectivity index (χ3n) is 5.73. The number of esters is 1. The number of nitrogens with one attached hydrogen (secondary N) is 1. The third-order valence-corrected chi connectivity index (χ3v) is 5.73. The number of rotatable bonds is 17. The van der Waals surface area contributed by atoms with E-state index in [-0.39, 0.29) is 12.6 Å². The van der Waals surface area contributed by atoms with Crippen LogP contribution >= 0.6 is 0 Å².